The predicted octanol–water partition coefficient (Wildman–Crippen LogP) is 1.66. The summed E-state index contributed by atoms with van der Waals surface area (Å²) in [6.45, 7) is 3.71. The van der Waals surface area contributed by atoms with Crippen molar-refractivity contribution in [3.8, 4) is 0 Å². The molecule has 0 bridgehead atoms. The highest BCUT2D eigenvalue weighted by molar-refractivity contribution is 5.91. The highest BCUT2D eigenvalue weighted by Crippen LogP contribution is 2.22. The molecule has 4 nitrogen and oxygen atoms in total. The SMILES string of the molecule is CC(CN)CN(C)c1nncc2ccccc12. The molecular weight excluding hydrogens is 212 g/mol. The number of nitrogens with two attached hydrogens (primary N) is 1. The average Bonchev–Trinajstić information content (AvgIpc) is 2.37. The van der Waals surface area contributed by atoms with Crippen LogP contribution in [0.1, 0.15) is 6.92 Å². The summed E-state index contributed by atoms with van der Waals surface area (Å²) in [6, 6.07) is 8.15. The minimum Gasteiger partial charge on any atom is -0.357 e. The number of benzene rings is 1. The Bertz CT molecular complexity index is 492. The smallest absolute Gasteiger partial charge is 0.158 e. The predicted molar refractivity (Wildman–Crippen MR) is 71.0 cm³/mol. The molecule has 0 spiro atoms. The molecule has 0 aliphatic heterocycles. The Morgan fingerprint density at radius 2 is 2.12 bits per heavy atom. The molecule has 1 atom stereocenters. The van der Waals surface area contributed by atoms with Crippen molar-refractivity contribution in [3.05, 3.63) is 30.5 Å². The fourth-order valence-electron chi connectivity index (χ4n) is 1.92. The van der Waals surface area contributed by atoms with Gasteiger partial charge in [0.1, 0.15) is 0 Å². The van der Waals surface area contributed by atoms with Gasteiger partial charge in [0.15, 0.2) is 5.82 Å². The summed E-state index contributed by atoms with van der Waals surface area (Å²) < 4.78 is 0. The lowest BCUT2D eigenvalue weighted by Gasteiger charge is -2.22. The van der Waals surface area contributed by atoms with E-state index >= 15 is 0 Å². The van der Waals surface area contributed by atoms with Crippen LogP contribution in [0.5, 0.6) is 0 Å². The lowest BCUT2D eigenvalue weighted by molar-refractivity contribution is 0.587. The summed E-state index contributed by atoms with van der Waals surface area (Å²) >= 11 is 0. The van der Waals surface area contributed by atoms with Crippen LogP contribution in [0.25, 0.3) is 10.8 Å². The second-order valence-electron chi connectivity index (χ2n) is 4.48. The number of hydrogen-bond acceptors (Lipinski definition) is 4. The third kappa shape index (κ3) is 2.53. The fraction of sp³-hybridized carbons (Fsp3) is 0.385. The Hall–Kier alpha value is -1.68. The van der Waals surface area contributed by atoms with E-state index in [4.69, 9.17) is 5.73 Å². The van der Waals surface area contributed by atoms with Crippen molar-refractivity contribution in [2.45, 2.75) is 6.92 Å². The zero-order chi connectivity index (χ0) is 12.3. The maximum atomic E-state index is 5.65. The summed E-state index contributed by atoms with van der Waals surface area (Å²) in [5.74, 6) is 1.36. The van der Waals surface area contributed by atoms with Crippen LogP contribution in [0.2, 0.25) is 0 Å². The van der Waals surface area contributed by atoms with E-state index < -0.39 is 0 Å². The van der Waals surface area contributed by atoms with Crippen molar-refractivity contribution >= 4 is 16.6 Å². The molecule has 2 rings (SSSR count). The largest absolute Gasteiger partial charge is 0.357 e. The van der Waals surface area contributed by atoms with E-state index in [0.717, 1.165) is 23.1 Å². The molecule has 2 aromatic rings. The van der Waals surface area contributed by atoms with Crippen LogP contribution in [0, 0.1) is 5.92 Å². The van der Waals surface area contributed by atoms with E-state index in [9.17, 15) is 0 Å². The molecule has 0 aliphatic rings. The van der Waals surface area contributed by atoms with Gasteiger partial charge < -0.3 is 10.6 Å². The molecule has 1 heterocycles. The van der Waals surface area contributed by atoms with Crippen molar-refractivity contribution in [3.63, 3.8) is 0 Å². The first-order valence-electron chi connectivity index (χ1n) is 5.84. The normalized spacial score (nSPS) is 12.6. The molecule has 1 unspecified atom stereocenters. The Morgan fingerprint density at radius 1 is 1.35 bits per heavy atom. The highest BCUT2D eigenvalue weighted by atomic mass is 15.2. The molecule has 2 N–H and O–H groups in total. The summed E-state index contributed by atoms with van der Waals surface area (Å²) in [7, 11) is 2.03. The quantitative estimate of drug-likeness (QED) is 0.868. The van der Waals surface area contributed by atoms with Gasteiger partial charge in [-0.3, -0.25) is 0 Å². The first kappa shape index (κ1) is 11.8. The maximum absolute atomic E-state index is 5.65. The molecule has 0 aliphatic carbocycles. The number of nitrogens with zero attached hydrogens (tertiary/aromatic N) is 3. The zero-order valence-corrected chi connectivity index (χ0v) is 10.3. The van der Waals surface area contributed by atoms with E-state index in [0.29, 0.717) is 12.5 Å². The topological polar surface area (TPSA) is 55.0 Å². The number of fused-ring (bicyclic) bond motifs is 1. The van der Waals surface area contributed by atoms with Gasteiger partial charge in [-0.05, 0) is 12.5 Å². The van der Waals surface area contributed by atoms with Gasteiger partial charge in [-0.2, -0.15) is 5.10 Å². The molecule has 0 fully saturated rings. The lowest BCUT2D eigenvalue weighted by Crippen LogP contribution is -2.29. The number of rotatable bonds is 4. The molecule has 1 aromatic carbocycles. The van der Waals surface area contributed by atoms with E-state index in [1.165, 1.54) is 0 Å². The van der Waals surface area contributed by atoms with Crippen LogP contribution in [0.15, 0.2) is 30.5 Å². The maximum Gasteiger partial charge on any atom is 0.158 e. The molecule has 17 heavy (non-hydrogen) atoms. The molecule has 0 saturated heterocycles. The Balaban J connectivity index is 2.34. The number of aromatic nitrogens is 2. The van der Waals surface area contributed by atoms with E-state index in [2.05, 4.69) is 28.1 Å². The van der Waals surface area contributed by atoms with Crippen LogP contribution in [0.3, 0.4) is 0 Å². The van der Waals surface area contributed by atoms with Crippen LogP contribution in [-0.4, -0.2) is 30.3 Å². The Labute approximate surface area is 101 Å². The Kier molecular flexibility index (Phi) is 3.54. The van der Waals surface area contributed by atoms with Gasteiger partial charge in [0.25, 0.3) is 0 Å². The number of anilines is 1. The minimum atomic E-state index is 0.445. The lowest BCUT2D eigenvalue weighted by atomic mass is 10.1. The third-order valence-corrected chi connectivity index (χ3v) is 2.90. The monoisotopic (exact) mass is 230 g/mol. The molecule has 4 heteroatoms. The van der Waals surface area contributed by atoms with Gasteiger partial charge in [-0.15, -0.1) is 5.10 Å². The van der Waals surface area contributed by atoms with Crippen LogP contribution < -0.4 is 10.6 Å². The van der Waals surface area contributed by atoms with Gasteiger partial charge in [-0.25, -0.2) is 0 Å². The average molecular weight is 230 g/mol. The van der Waals surface area contributed by atoms with E-state index in [-0.39, 0.29) is 0 Å². The van der Waals surface area contributed by atoms with Crippen LogP contribution in [-0.2, 0) is 0 Å². The van der Waals surface area contributed by atoms with Gasteiger partial charge in [-0.1, -0.05) is 31.2 Å². The fourth-order valence-corrected chi connectivity index (χ4v) is 1.92. The van der Waals surface area contributed by atoms with Crippen molar-refractivity contribution in [2.75, 3.05) is 25.0 Å². The summed E-state index contributed by atoms with van der Waals surface area (Å²) in [6.07, 6.45) is 1.79. The third-order valence-electron chi connectivity index (χ3n) is 2.90. The minimum absolute atomic E-state index is 0.445. The number of hydrogen-bond donors (Lipinski definition) is 1. The molecule has 90 valence electrons. The first-order chi connectivity index (χ1) is 8.22. The van der Waals surface area contributed by atoms with Gasteiger partial charge in [0.2, 0.25) is 0 Å². The summed E-state index contributed by atoms with van der Waals surface area (Å²) in [4.78, 5) is 2.12. The van der Waals surface area contributed by atoms with Crippen LogP contribution >= 0.6 is 0 Å². The van der Waals surface area contributed by atoms with E-state index in [1.54, 1.807) is 6.20 Å². The highest BCUT2D eigenvalue weighted by Gasteiger charge is 2.10. The summed E-state index contributed by atoms with van der Waals surface area (Å²) in [5, 5.41) is 10.5. The molecule has 1 aromatic heterocycles. The first-order valence-corrected chi connectivity index (χ1v) is 5.84. The molecule has 0 radical (unpaired) electrons. The van der Waals surface area contributed by atoms with Crippen molar-refractivity contribution in [1.82, 2.24) is 10.2 Å². The molecule has 0 saturated carbocycles. The van der Waals surface area contributed by atoms with Crippen molar-refractivity contribution < 1.29 is 0 Å². The second-order valence-corrected chi connectivity index (χ2v) is 4.48. The Morgan fingerprint density at radius 3 is 2.88 bits per heavy atom. The van der Waals surface area contributed by atoms with Crippen LogP contribution in [0.4, 0.5) is 5.82 Å². The molecule has 0 amide bonds. The van der Waals surface area contributed by atoms with Gasteiger partial charge >= 0.3 is 0 Å². The summed E-state index contributed by atoms with van der Waals surface area (Å²) in [5.41, 5.74) is 5.65. The van der Waals surface area contributed by atoms with Gasteiger partial charge in [0.05, 0.1) is 6.20 Å². The van der Waals surface area contributed by atoms with Crippen molar-refractivity contribution in [1.29, 1.82) is 0 Å². The molecular formula is C13H18N4. The standard InChI is InChI=1S/C13H18N4/c1-10(7-14)9-17(2)13-12-6-4-3-5-11(12)8-15-16-13/h3-6,8,10H,7,9,14H2,1-2H3. The van der Waals surface area contributed by atoms with E-state index in [1.807, 2.05) is 25.2 Å². The zero-order valence-electron chi connectivity index (χ0n) is 10.3. The van der Waals surface area contributed by atoms with Gasteiger partial charge in [0, 0.05) is 24.4 Å². The second kappa shape index (κ2) is 5.10. The van der Waals surface area contributed by atoms with Crippen molar-refractivity contribution in [2.24, 2.45) is 11.7 Å².